The molecule has 0 aliphatic carbocycles. The van der Waals surface area contributed by atoms with E-state index in [0.717, 1.165) is 17.5 Å². The minimum Gasteiger partial charge on any atom is -0.403 e. The molecule has 1 aromatic carbocycles. The summed E-state index contributed by atoms with van der Waals surface area (Å²) in [5, 5.41) is 0.863. The molecule has 0 aromatic heterocycles. The van der Waals surface area contributed by atoms with Crippen molar-refractivity contribution in [1.82, 2.24) is 14.1 Å². The summed E-state index contributed by atoms with van der Waals surface area (Å²) in [6, 6.07) is 2.84. The van der Waals surface area contributed by atoms with Crippen LogP contribution in [0.5, 0.6) is 5.75 Å². The molecule has 8 nitrogen and oxygen atoms in total. The van der Waals surface area contributed by atoms with E-state index in [1.165, 1.54) is 10.4 Å². The first-order chi connectivity index (χ1) is 15.3. The van der Waals surface area contributed by atoms with E-state index in [-0.39, 0.29) is 37.2 Å². The van der Waals surface area contributed by atoms with Crippen molar-refractivity contribution < 1.29 is 39.1 Å². The number of hydrogen-bond donors (Lipinski definition) is 0. The number of benzene rings is 1. The molecule has 0 spiro atoms. The van der Waals surface area contributed by atoms with Crippen LogP contribution in [0.1, 0.15) is 5.56 Å². The lowest BCUT2D eigenvalue weighted by Gasteiger charge is -2.43. The predicted octanol–water partition coefficient (Wildman–Crippen LogP) is 1.41. The summed E-state index contributed by atoms with van der Waals surface area (Å²) in [5.74, 6) is -2.06. The van der Waals surface area contributed by atoms with E-state index >= 15 is 0 Å². The zero-order chi connectivity index (χ0) is 24.4. The van der Waals surface area contributed by atoms with Gasteiger partial charge in [-0.25, -0.2) is 21.2 Å². The van der Waals surface area contributed by atoms with Crippen LogP contribution in [-0.2, 0) is 26.4 Å². The van der Waals surface area contributed by atoms with Gasteiger partial charge in [0.15, 0.2) is 21.4 Å². The van der Waals surface area contributed by atoms with Crippen molar-refractivity contribution in [3.8, 4) is 5.75 Å². The van der Waals surface area contributed by atoms with Gasteiger partial charge in [-0.05, 0) is 17.7 Å². The second kappa shape index (κ2) is 9.86. The van der Waals surface area contributed by atoms with E-state index in [1.807, 2.05) is 9.80 Å². The monoisotopic (exact) mass is 515 g/mol. The molecule has 2 heterocycles. The molecule has 186 valence electrons. The number of hydrogen-bond acceptors (Lipinski definition) is 7. The Balaban J connectivity index is 1.75. The third-order valence-corrected chi connectivity index (χ3v) is 8.73. The first-order valence-corrected chi connectivity index (χ1v) is 13.4. The highest BCUT2D eigenvalue weighted by Gasteiger charge is 2.35. The summed E-state index contributed by atoms with van der Waals surface area (Å²) in [4.78, 5) is 3.85. The van der Waals surface area contributed by atoms with E-state index in [9.17, 15) is 34.4 Å². The molecular formula is C19H25F4N3O5S2. The van der Waals surface area contributed by atoms with Crippen LogP contribution in [0.4, 0.5) is 17.6 Å². The van der Waals surface area contributed by atoms with Gasteiger partial charge in [0.25, 0.3) is 0 Å². The molecule has 0 amide bonds. The molecule has 14 heteroatoms. The Kier molecular flexibility index (Phi) is 7.73. The summed E-state index contributed by atoms with van der Waals surface area (Å²) in [6.45, 7) is 5.11. The Labute approximate surface area is 190 Å². The number of sulfonamides is 1. The number of sulfone groups is 1. The van der Waals surface area contributed by atoms with Crippen LogP contribution in [0.15, 0.2) is 30.2 Å². The highest BCUT2D eigenvalue weighted by atomic mass is 32.2. The van der Waals surface area contributed by atoms with Crippen LogP contribution < -0.4 is 4.74 Å². The zero-order valence-corrected chi connectivity index (χ0v) is 19.3. The third-order valence-electron chi connectivity index (χ3n) is 5.65. The zero-order valence-electron chi connectivity index (χ0n) is 17.7. The van der Waals surface area contributed by atoms with Crippen molar-refractivity contribution in [1.29, 1.82) is 0 Å². The first kappa shape index (κ1) is 25.9. The van der Waals surface area contributed by atoms with Gasteiger partial charge in [0.05, 0.1) is 11.5 Å². The molecular weight excluding hydrogens is 490 g/mol. The van der Waals surface area contributed by atoms with Crippen LogP contribution in [0.2, 0.25) is 0 Å². The predicted molar refractivity (Wildman–Crippen MR) is 113 cm³/mol. The first-order valence-electron chi connectivity index (χ1n) is 10.1. The Morgan fingerprint density at radius 1 is 1.15 bits per heavy atom. The molecule has 0 unspecified atom stereocenters. The Morgan fingerprint density at radius 2 is 1.82 bits per heavy atom. The van der Waals surface area contributed by atoms with E-state index in [1.54, 1.807) is 0 Å². The van der Waals surface area contributed by atoms with Gasteiger partial charge < -0.3 is 4.74 Å². The number of piperazine rings is 1. The molecule has 0 saturated carbocycles. The maximum atomic E-state index is 14.1. The molecule has 1 atom stereocenters. The summed E-state index contributed by atoms with van der Waals surface area (Å²) in [7, 11) is -6.75. The van der Waals surface area contributed by atoms with Gasteiger partial charge in [-0.1, -0.05) is 12.6 Å². The van der Waals surface area contributed by atoms with Gasteiger partial charge >= 0.3 is 6.36 Å². The van der Waals surface area contributed by atoms with Gasteiger partial charge in [-0.3, -0.25) is 9.80 Å². The highest BCUT2D eigenvalue weighted by Crippen LogP contribution is 2.27. The summed E-state index contributed by atoms with van der Waals surface area (Å²) >= 11 is 0. The number of ether oxygens (including phenoxy) is 1. The van der Waals surface area contributed by atoms with Crippen molar-refractivity contribution in [3.63, 3.8) is 0 Å². The maximum Gasteiger partial charge on any atom is 0.573 e. The van der Waals surface area contributed by atoms with E-state index < -0.39 is 37.8 Å². The molecule has 2 saturated heterocycles. The minimum absolute atomic E-state index is 0.0142. The number of alkyl halides is 3. The van der Waals surface area contributed by atoms with Gasteiger partial charge in [-0.2, -0.15) is 4.31 Å². The Bertz CT molecular complexity index is 1070. The second-order valence-corrected chi connectivity index (χ2v) is 12.1. The molecule has 2 aliphatic heterocycles. The highest BCUT2D eigenvalue weighted by molar-refractivity contribution is 7.92. The largest absolute Gasteiger partial charge is 0.573 e. The van der Waals surface area contributed by atoms with Crippen molar-refractivity contribution >= 4 is 19.9 Å². The Morgan fingerprint density at radius 3 is 2.39 bits per heavy atom. The van der Waals surface area contributed by atoms with E-state index in [4.69, 9.17) is 0 Å². The Hall–Kier alpha value is -1.74. The van der Waals surface area contributed by atoms with E-state index in [2.05, 4.69) is 11.3 Å². The molecule has 0 bridgehead atoms. The average molecular weight is 516 g/mol. The second-order valence-electron chi connectivity index (χ2n) is 7.96. The van der Waals surface area contributed by atoms with Crippen LogP contribution in [-0.4, -0.2) is 94.1 Å². The lowest BCUT2D eigenvalue weighted by molar-refractivity contribution is -0.275. The third kappa shape index (κ3) is 7.12. The SMILES string of the molecule is C=CS(=O)(=O)N1CCN(Cc2ccc(OC(F)(F)F)c(F)c2)[C@@H](CN2CCS(=O)(=O)CC2)C1. The maximum absolute atomic E-state index is 14.1. The standard InChI is InChI=1S/C19H25F4N3O5S2/c1-2-33(29,30)26-6-5-25(16(14-26)13-24-7-9-32(27,28)10-8-24)12-15-3-4-18(17(20)11-15)31-19(21,22)23/h2-4,11,16H,1,5-10,12-14H2/t16-/m0/s1. The lowest BCUT2D eigenvalue weighted by atomic mass is 10.1. The average Bonchev–Trinajstić information content (AvgIpc) is 2.72. The fourth-order valence-electron chi connectivity index (χ4n) is 3.90. The lowest BCUT2D eigenvalue weighted by Crippen LogP contribution is -2.58. The molecule has 1 aromatic rings. The normalized spacial score (nSPS) is 23.3. The van der Waals surface area contributed by atoms with Gasteiger partial charge in [0.2, 0.25) is 10.0 Å². The molecule has 0 N–H and O–H groups in total. The van der Waals surface area contributed by atoms with Crippen molar-refractivity contribution in [2.24, 2.45) is 0 Å². The van der Waals surface area contributed by atoms with Crippen molar-refractivity contribution in [2.45, 2.75) is 18.9 Å². The van der Waals surface area contributed by atoms with Crippen LogP contribution in [0.3, 0.4) is 0 Å². The topological polar surface area (TPSA) is 87.2 Å². The van der Waals surface area contributed by atoms with Crippen LogP contribution in [0.25, 0.3) is 0 Å². The fourth-order valence-corrected chi connectivity index (χ4v) is 6.10. The van der Waals surface area contributed by atoms with Gasteiger partial charge in [0, 0.05) is 57.3 Å². The van der Waals surface area contributed by atoms with E-state index in [0.29, 0.717) is 31.7 Å². The number of rotatable bonds is 7. The molecule has 0 radical (unpaired) electrons. The van der Waals surface area contributed by atoms with Gasteiger partial charge in [0.1, 0.15) is 0 Å². The quantitative estimate of drug-likeness (QED) is 0.508. The summed E-state index contributed by atoms with van der Waals surface area (Å²) < 4.78 is 104. The molecule has 33 heavy (non-hydrogen) atoms. The fraction of sp³-hybridized carbons (Fsp3) is 0.579. The minimum atomic E-state index is -5.01. The summed E-state index contributed by atoms with van der Waals surface area (Å²) in [5.41, 5.74) is 0.397. The van der Waals surface area contributed by atoms with Crippen molar-refractivity contribution in [3.05, 3.63) is 41.6 Å². The van der Waals surface area contributed by atoms with Gasteiger partial charge in [-0.15, -0.1) is 13.2 Å². The smallest absolute Gasteiger partial charge is 0.403 e. The molecule has 3 rings (SSSR count). The molecule has 2 fully saturated rings. The summed E-state index contributed by atoms with van der Waals surface area (Å²) in [6.07, 6.45) is -5.01. The van der Waals surface area contributed by atoms with Crippen LogP contribution in [0, 0.1) is 5.82 Å². The van der Waals surface area contributed by atoms with Crippen molar-refractivity contribution in [2.75, 3.05) is 50.8 Å². The molecule has 2 aliphatic rings. The van der Waals surface area contributed by atoms with Crippen LogP contribution >= 0.6 is 0 Å². The number of halogens is 4. The number of nitrogens with zero attached hydrogens (tertiary/aromatic N) is 3.